The monoisotopic (exact) mass is 272 g/mol. The minimum atomic E-state index is -0.261. The van der Waals surface area contributed by atoms with Crippen molar-refractivity contribution in [1.82, 2.24) is 14.8 Å². The van der Waals surface area contributed by atoms with Crippen molar-refractivity contribution in [3.63, 3.8) is 0 Å². The second kappa shape index (κ2) is 4.63. The summed E-state index contributed by atoms with van der Waals surface area (Å²) in [5.41, 5.74) is 2.77. The van der Waals surface area contributed by atoms with Crippen LogP contribution in [0.3, 0.4) is 0 Å². The van der Waals surface area contributed by atoms with Crippen molar-refractivity contribution >= 4 is 17.5 Å². The van der Waals surface area contributed by atoms with Gasteiger partial charge in [-0.15, -0.1) is 0 Å². The molecule has 2 N–H and O–H groups in total. The normalized spacial score (nSPS) is 14.2. The van der Waals surface area contributed by atoms with Gasteiger partial charge < -0.3 is 10.3 Å². The van der Waals surface area contributed by atoms with Crippen LogP contribution in [-0.4, -0.2) is 26.5 Å². The van der Waals surface area contributed by atoms with Crippen molar-refractivity contribution in [3.8, 4) is 0 Å². The van der Waals surface area contributed by atoms with Crippen LogP contribution in [0.5, 0.6) is 0 Å². The first kappa shape index (κ1) is 12.7. The molecular weight excluding hydrogens is 256 g/mol. The molecule has 6 heteroatoms. The lowest BCUT2D eigenvalue weighted by atomic mass is 9.94. The lowest BCUT2D eigenvalue weighted by Crippen LogP contribution is -2.14. The summed E-state index contributed by atoms with van der Waals surface area (Å²) in [6.07, 6.45) is 3.98. The van der Waals surface area contributed by atoms with Gasteiger partial charge in [-0.25, -0.2) is 0 Å². The lowest BCUT2D eigenvalue weighted by molar-refractivity contribution is 0.0971. The van der Waals surface area contributed by atoms with Crippen LogP contribution in [0.25, 0.3) is 0 Å². The number of aryl methyl sites for hydroxylation is 2. The number of nitrogens with one attached hydrogen (secondary N) is 2. The number of fused-ring (bicyclic) bond motifs is 1. The number of anilines is 1. The molecule has 0 aromatic carbocycles. The highest BCUT2D eigenvalue weighted by Crippen LogP contribution is 2.26. The summed E-state index contributed by atoms with van der Waals surface area (Å²) in [5, 5.41) is 6.84. The summed E-state index contributed by atoms with van der Waals surface area (Å²) in [5.74, 6) is 0.357. The van der Waals surface area contributed by atoms with Gasteiger partial charge in [0.25, 0.3) is 5.91 Å². The molecular formula is C14H16N4O2. The molecule has 0 spiro atoms. The smallest absolute Gasteiger partial charge is 0.273 e. The predicted octanol–water partition coefficient (Wildman–Crippen LogP) is 1.83. The third kappa shape index (κ3) is 2.03. The Balaban J connectivity index is 1.90. The summed E-state index contributed by atoms with van der Waals surface area (Å²) >= 11 is 0. The molecule has 2 aromatic rings. The summed E-state index contributed by atoms with van der Waals surface area (Å²) in [4.78, 5) is 27.3. The van der Waals surface area contributed by atoms with Crippen LogP contribution in [0.1, 0.15) is 44.9 Å². The summed E-state index contributed by atoms with van der Waals surface area (Å²) < 4.78 is 1.62. The Morgan fingerprint density at radius 3 is 2.90 bits per heavy atom. The van der Waals surface area contributed by atoms with E-state index in [2.05, 4.69) is 15.4 Å². The standard InChI is InChI=1S/C14H16N4O2/c1-8-12-9(4-3-5-10(12)19)15-13(8)14(20)16-11-6-7-18(2)17-11/h6-7,15H,3-5H2,1-2H3,(H,16,17,20). The number of nitrogens with zero attached hydrogens (tertiary/aromatic N) is 2. The van der Waals surface area contributed by atoms with E-state index in [1.807, 2.05) is 6.92 Å². The Kier molecular flexibility index (Phi) is 2.93. The Hall–Kier alpha value is -2.37. The Bertz CT molecular complexity index is 696. The molecule has 0 aliphatic heterocycles. The number of amides is 1. The van der Waals surface area contributed by atoms with Gasteiger partial charge in [-0.05, 0) is 25.3 Å². The second-order valence-electron chi connectivity index (χ2n) is 5.08. The van der Waals surface area contributed by atoms with Gasteiger partial charge in [-0.3, -0.25) is 14.3 Å². The molecule has 0 fully saturated rings. The van der Waals surface area contributed by atoms with E-state index in [0.29, 0.717) is 23.5 Å². The first-order chi connectivity index (χ1) is 9.56. The van der Waals surface area contributed by atoms with E-state index in [1.165, 1.54) is 0 Å². The fourth-order valence-electron chi connectivity index (χ4n) is 2.66. The number of hydrogen-bond donors (Lipinski definition) is 2. The quantitative estimate of drug-likeness (QED) is 0.875. The summed E-state index contributed by atoms with van der Waals surface area (Å²) in [6, 6.07) is 1.72. The highest BCUT2D eigenvalue weighted by molar-refractivity contribution is 6.08. The molecule has 0 atom stereocenters. The Labute approximate surface area is 116 Å². The van der Waals surface area contributed by atoms with E-state index in [-0.39, 0.29) is 11.7 Å². The topological polar surface area (TPSA) is 79.8 Å². The molecule has 0 saturated carbocycles. The van der Waals surface area contributed by atoms with Gasteiger partial charge in [0, 0.05) is 37.0 Å². The van der Waals surface area contributed by atoms with Gasteiger partial charge in [-0.1, -0.05) is 0 Å². The van der Waals surface area contributed by atoms with Crippen molar-refractivity contribution < 1.29 is 9.59 Å². The Morgan fingerprint density at radius 1 is 1.45 bits per heavy atom. The van der Waals surface area contributed by atoms with E-state index in [4.69, 9.17) is 0 Å². The average molecular weight is 272 g/mol. The number of aromatic amines is 1. The zero-order chi connectivity index (χ0) is 14.3. The van der Waals surface area contributed by atoms with Crippen LogP contribution in [0.2, 0.25) is 0 Å². The van der Waals surface area contributed by atoms with Gasteiger partial charge in [-0.2, -0.15) is 5.10 Å². The number of carbonyl (C=O) groups excluding carboxylic acids is 2. The highest BCUT2D eigenvalue weighted by atomic mass is 16.2. The van der Waals surface area contributed by atoms with E-state index in [9.17, 15) is 9.59 Å². The molecule has 0 bridgehead atoms. The average Bonchev–Trinajstić information content (AvgIpc) is 2.95. The maximum atomic E-state index is 12.3. The van der Waals surface area contributed by atoms with Gasteiger partial charge in [0.15, 0.2) is 11.6 Å². The molecule has 2 heterocycles. The largest absolute Gasteiger partial charge is 0.354 e. The maximum absolute atomic E-state index is 12.3. The molecule has 1 aliphatic rings. The van der Waals surface area contributed by atoms with Crippen molar-refractivity contribution in [2.75, 3.05) is 5.32 Å². The maximum Gasteiger partial charge on any atom is 0.273 e. The van der Waals surface area contributed by atoms with Crippen molar-refractivity contribution in [1.29, 1.82) is 0 Å². The fourth-order valence-corrected chi connectivity index (χ4v) is 2.66. The predicted molar refractivity (Wildman–Crippen MR) is 74.0 cm³/mol. The molecule has 0 saturated heterocycles. The zero-order valence-corrected chi connectivity index (χ0v) is 11.5. The zero-order valence-electron chi connectivity index (χ0n) is 11.5. The third-order valence-corrected chi connectivity index (χ3v) is 3.62. The van der Waals surface area contributed by atoms with E-state index >= 15 is 0 Å². The molecule has 0 radical (unpaired) electrons. The Morgan fingerprint density at radius 2 is 2.25 bits per heavy atom. The molecule has 104 valence electrons. The van der Waals surface area contributed by atoms with Crippen LogP contribution in [0, 0.1) is 6.92 Å². The number of Topliss-reactive ketones (excluding diaryl/α,β-unsaturated/α-hetero) is 1. The number of carbonyl (C=O) groups is 2. The first-order valence-corrected chi connectivity index (χ1v) is 6.62. The molecule has 0 unspecified atom stereocenters. The van der Waals surface area contributed by atoms with Crippen molar-refractivity contribution in [2.45, 2.75) is 26.2 Å². The number of rotatable bonds is 2. The van der Waals surface area contributed by atoms with E-state index < -0.39 is 0 Å². The van der Waals surface area contributed by atoms with Crippen LogP contribution in [0.15, 0.2) is 12.3 Å². The third-order valence-electron chi connectivity index (χ3n) is 3.62. The minimum absolute atomic E-state index is 0.122. The molecule has 20 heavy (non-hydrogen) atoms. The van der Waals surface area contributed by atoms with E-state index in [1.54, 1.807) is 24.0 Å². The van der Waals surface area contributed by atoms with Gasteiger partial charge in [0.1, 0.15) is 5.69 Å². The van der Waals surface area contributed by atoms with Crippen molar-refractivity contribution in [3.05, 3.63) is 34.8 Å². The van der Waals surface area contributed by atoms with Gasteiger partial charge in [0.2, 0.25) is 0 Å². The van der Waals surface area contributed by atoms with Gasteiger partial charge >= 0.3 is 0 Å². The van der Waals surface area contributed by atoms with Crippen LogP contribution in [-0.2, 0) is 13.5 Å². The SMILES string of the molecule is Cc1c(C(=O)Nc2ccn(C)n2)[nH]c2c1C(=O)CCC2. The lowest BCUT2D eigenvalue weighted by Gasteiger charge is -2.09. The fraction of sp³-hybridized carbons (Fsp3) is 0.357. The van der Waals surface area contributed by atoms with Crippen molar-refractivity contribution in [2.24, 2.45) is 7.05 Å². The molecule has 6 nitrogen and oxygen atoms in total. The number of aromatic nitrogens is 3. The summed E-state index contributed by atoms with van der Waals surface area (Å²) in [6.45, 7) is 1.81. The molecule has 1 aliphatic carbocycles. The molecule has 3 rings (SSSR count). The second-order valence-corrected chi connectivity index (χ2v) is 5.08. The highest BCUT2D eigenvalue weighted by Gasteiger charge is 2.26. The number of ketones is 1. The minimum Gasteiger partial charge on any atom is -0.354 e. The molecule has 2 aromatic heterocycles. The molecule has 1 amide bonds. The summed E-state index contributed by atoms with van der Waals surface area (Å²) in [7, 11) is 1.78. The van der Waals surface area contributed by atoms with Gasteiger partial charge in [0.05, 0.1) is 0 Å². The first-order valence-electron chi connectivity index (χ1n) is 6.62. The van der Waals surface area contributed by atoms with E-state index in [0.717, 1.165) is 24.1 Å². The number of hydrogen-bond acceptors (Lipinski definition) is 3. The van der Waals surface area contributed by atoms with Crippen LogP contribution < -0.4 is 5.32 Å². The van der Waals surface area contributed by atoms with Crippen LogP contribution >= 0.6 is 0 Å². The van der Waals surface area contributed by atoms with Crippen LogP contribution in [0.4, 0.5) is 5.82 Å². The number of H-pyrrole nitrogens is 1.